The number of nitrogens with two attached hydrogens (primary N) is 1. The predicted octanol–water partition coefficient (Wildman–Crippen LogP) is 4.36. The van der Waals surface area contributed by atoms with Crippen molar-refractivity contribution in [2.24, 2.45) is 10.7 Å². The molecule has 1 aromatic carbocycles. The summed E-state index contributed by atoms with van der Waals surface area (Å²) in [4.78, 5) is 24.2. The van der Waals surface area contributed by atoms with Crippen molar-refractivity contribution in [3.05, 3.63) is 47.4 Å². The Bertz CT molecular complexity index is 1190. The third-order valence-corrected chi connectivity index (χ3v) is 6.39. The monoisotopic (exact) mass is 551 g/mol. The van der Waals surface area contributed by atoms with E-state index < -0.39 is 52.7 Å². The number of nitrogens with zero attached hydrogens (tertiary/aromatic N) is 3. The van der Waals surface area contributed by atoms with Crippen molar-refractivity contribution in [1.82, 2.24) is 9.97 Å². The van der Waals surface area contributed by atoms with Crippen LogP contribution < -0.4 is 15.8 Å². The van der Waals surface area contributed by atoms with Gasteiger partial charge in [0.1, 0.15) is 5.69 Å². The van der Waals surface area contributed by atoms with Crippen LogP contribution in [0.2, 0.25) is 0 Å². The maximum Gasteiger partial charge on any atom is 0.340 e. The Labute approximate surface area is 212 Å². The van der Waals surface area contributed by atoms with Crippen LogP contribution in [0.5, 0.6) is 5.88 Å². The minimum atomic E-state index is -4.40. The largest absolute Gasteiger partial charge is 0.470 e. The van der Waals surface area contributed by atoms with Gasteiger partial charge in [-0.1, -0.05) is 11.8 Å². The number of amides is 1. The summed E-state index contributed by atoms with van der Waals surface area (Å²) in [7, 11) is 1.50. The van der Waals surface area contributed by atoms with E-state index in [4.69, 9.17) is 10.5 Å². The van der Waals surface area contributed by atoms with Gasteiger partial charge in [-0.25, -0.2) is 27.5 Å². The van der Waals surface area contributed by atoms with Gasteiger partial charge in [0.2, 0.25) is 5.88 Å². The van der Waals surface area contributed by atoms with E-state index in [1.54, 1.807) is 6.92 Å². The van der Waals surface area contributed by atoms with E-state index in [0.717, 1.165) is 18.5 Å². The van der Waals surface area contributed by atoms with Crippen molar-refractivity contribution in [3.63, 3.8) is 0 Å². The molecule has 0 radical (unpaired) electrons. The van der Waals surface area contributed by atoms with Crippen molar-refractivity contribution in [1.29, 1.82) is 0 Å². The molecular formula is C22H23F6N5O3S. The number of benzene rings is 1. The maximum atomic E-state index is 14.9. The topological polar surface area (TPSA) is 112 Å². The first-order valence-electron chi connectivity index (χ1n) is 10.6. The summed E-state index contributed by atoms with van der Waals surface area (Å²) in [6, 6.07) is 1.98. The molecule has 1 aromatic heterocycles. The third kappa shape index (κ3) is 6.63. The van der Waals surface area contributed by atoms with E-state index in [0.29, 0.717) is 0 Å². The highest BCUT2D eigenvalue weighted by molar-refractivity contribution is 8.15. The van der Waals surface area contributed by atoms with E-state index in [2.05, 4.69) is 25.0 Å². The minimum absolute atomic E-state index is 0.126. The van der Waals surface area contributed by atoms with Crippen LogP contribution in [0.15, 0.2) is 29.5 Å². The number of carbonyl (C=O) groups is 1. The Kier molecular flexibility index (Phi) is 8.27. The van der Waals surface area contributed by atoms with Crippen molar-refractivity contribution < 1.29 is 40.6 Å². The number of aromatic nitrogens is 2. The number of hydrogen-bond donors (Lipinski definition) is 2. The molecule has 3 rings (SSSR count). The lowest BCUT2D eigenvalue weighted by molar-refractivity contribution is -0.148. The molecule has 1 amide bonds. The Morgan fingerprint density at radius 1 is 1.24 bits per heavy atom. The zero-order valence-corrected chi connectivity index (χ0v) is 20.6. The van der Waals surface area contributed by atoms with Crippen molar-refractivity contribution in [2.45, 2.75) is 42.9 Å². The van der Waals surface area contributed by atoms with Gasteiger partial charge >= 0.3 is 12.3 Å². The van der Waals surface area contributed by atoms with Gasteiger partial charge in [0.05, 0.1) is 24.5 Å². The summed E-state index contributed by atoms with van der Waals surface area (Å²) in [6.45, 7) is 2.05. The zero-order valence-electron chi connectivity index (χ0n) is 19.8. The SMILES string of the molecule is COC[C@@]1(C)C[C@@](C)(c2cc(NC(=O)c3cnc(OCC(F)(F)C(F)F)cn3)cc(F)c2F)N=C(N)S1. The van der Waals surface area contributed by atoms with Gasteiger partial charge in [0.15, 0.2) is 23.4 Å². The van der Waals surface area contributed by atoms with Crippen LogP contribution in [0.4, 0.5) is 32.0 Å². The Balaban J connectivity index is 1.81. The van der Waals surface area contributed by atoms with Crippen molar-refractivity contribution in [2.75, 3.05) is 25.6 Å². The average molecular weight is 552 g/mol. The Morgan fingerprint density at radius 3 is 2.54 bits per heavy atom. The zero-order chi connectivity index (χ0) is 27.6. The summed E-state index contributed by atoms with van der Waals surface area (Å²) in [5.74, 6) is -8.23. The quantitative estimate of drug-likeness (QED) is 0.446. The van der Waals surface area contributed by atoms with Crippen LogP contribution in [0.1, 0.15) is 36.3 Å². The second kappa shape index (κ2) is 10.7. The molecular weight excluding hydrogens is 528 g/mol. The highest BCUT2D eigenvalue weighted by Crippen LogP contribution is 2.46. The molecule has 0 unspecified atom stereocenters. The standard InChI is InChI=1S/C22H23F6N5O3S/c1-20(9-35-3)8-21(2,33-19(29)37-20)12-4-11(5-13(23)16(12)24)32-17(34)14-6-31-15(7-30-14)36-10-22(27,28)18(25)26/h4-7,18H,8-10H2,1-3H3,(H2,29,33)(H,32,34)/t20-,21+/m1/s1. The Hall–Kier alpha value is -3.07. The first-order chi connectivity index (χ1) is 17.2. The lowest BCUT2D eigenvalue weighted by atomic mass is 9.83. The molecule has 0 bridgehead atoms. The average Bonchev–Trinajstić information content (AvgIpc) is 2.79. The molecule has 37 heavy (non-hydrogen) atoms. The van der Waals surface area contributed by atoms with Gasteiger partial charge in [-0.3, -0.25) is 9.79 Å². The number of methoxy groups -OCH3 is 1. The molecule has 2 heterocycles. The molecule has 0 fully saturated rings. The molecule has 0 saturated carbocycles. The van der Waals surface area contributed by atoms with Gasteiger partial charge < -0.3 is 20.5 Å². The fraction of sp³-hybridized carbons (Fsp3) is 0.455. The maximum absolute atomic E-state index is 14.9. The fourth-order valence-electron chi connectivity index (χ4n) is 3.85. The number of nitrogens with one attached hydrogen (secondary N) is 1. The lowest BCUT2D eigenvalue weighted by Gasteiger charge is -2.41. The number of thioether (sulfide) groups is 1. The molecule has 0 saturated heterocycles. The summed E-state index contributed by atoms with van der Waals surface area (Å²) in [5, 5.41) is 2.51. The van der Waals surface area contributed by atoms with E-state index in [1.165, 1.54) is 24.9 Å². The number of alkyl halides is 4. The first kappa shape index (κ1) is 28.5. The molecule has 0 spiro atoms. The van der Waals surface area contributed by atoms with Gasteiger partial charge in [-0.15, -0.1) is 0 Å². The van der Waals surface area contributed by atoms with Crippen LogP contribution in [0, 0.1) is 11.6 Å². The van der Waals surface area contributed by atoms with Crippen molar-refractivity contribution >= 4 is 28.5 Å². The molecule has 2 atom stereocenters. The highest BCUT2D eigenvalue weighted by atomic mass is 32.2. The molecule has 0 aliphatic carbocycles. The molecule has 1 aliphatic rings. The Morgan fingerprint density at radius 2 is 1.95 bits per heavy atom. The smallest absolute Gasteiger partial charge is 0.340 e. The highest BCUT2D eigenvalue weighted by Gasteiger charge is 2.44. The molecule has 2 aromatic rings. The number of rotatable bonds is 9. The van der Waals surface area contributed by atoms with Gasteiger partial charge in [-0.05, 0) is 26.3 Å². The number of aliphatic imine (C=N–C) groups is 1. The van der Waals surface area contributed by atoms with E-state index >= 15 is 0 Å². The molecule has 202 valence electrons. The minimum Gasteiger partial charge on any atom is -0.470 e. The van der Waals surface area contributed by atoms with Crippen LogP contribution in [0.25, 0.3) is 0 Å². The van der Waals surface area contributed by atoms with Crippen LogP contribution in [-0.4, -0.2) is 58.5 Å². The molecule has 3 N–H and O–H groups in total. The van der Waals surface area contributed by atoms with Crippen LogP contribution >= 0.6 is 11.8 Å². The lowest BCUT2D eigenvalue weighted by Crippen LogP contribution is -2.43. The summed E-state index contributed by atoms with van der Waals surface area (Å²) in [5.41, 5.74) is 4.08. The van der Waals surface area contributed by atoms with Gasteiger partial charge in [0.25, 0.3) is 5.91 Å². The number of amidine groups is 1. The molecule has 1 aliphatic heterocycles. The second-order valence-electron chi connectivity index (χ2n) is 8.75. The summed E-state index contributed by atoms with van der Waals surface area (Å²) < 4.78 is 89.0. The second-order valence-corrected chi connectivity index (χ2v) is 10.4. The van der Waals surface area contributed by atoms with Crippen LogP contribution in [0.3, 0.4) is 0 Å². The molecule has 8 nitrogen and oxygen atoms in total. The molecule has 15 heteroatoms. The number of anilines is 1. The number of ether oxygens (including phenoxy) is 2. The predicted molar refractivity (Wildman–Crippen MR) is 124 cm³/mol. The van der Waals surface area contributed by atoms with E-state index in [-0.39, 0.29) is 35.1 Å². The van der Waals surface area contributed by atoms with Gasteiger partial charge in [0, 0.05) is 29.2 Å². The van der Waals surface area contributed by atoms with Crippen molar-refractivity contribution in [3.8, 4) is 5.88 Å². The van der Waals surface area contributed by atoms with E-state index in [9.17, 15) is 31.1 Å². The van der Waals surface area contributed by atoms with E-state index in [1.807, 2.05) is 6.92 Å². The van der Waals surface area contributed by atoms with Gasteiger partial charge in [-0.2, -0.15) is 8.78 Å². The first-order valence-corrected chi connectivity index (χ1v) is 11.4. The number of halogens is 6. The number of carbonyl (C=O) groups excluding carboxylic acids is 1. The van der Waals surface area contributed by atoms with Crippen LogP contribution in [-0.2, 0) is 10.3 Å². The third-order valence-electron chi connectivity index (χ3n) is 5.33. The summed E-state index contributed by atoms with van der Waals surface area (Å²) >= 11 is 1.25. The number of hydrogen-bond acceptors (Lipinski definition) is 8. The fourth-order valence-corrected chi connectivity index (χ4v) is 5.13. The normalized spacial score (nSPS) is 22.1. The summed E-state index contributed by atoms with van der Waals surface area (Å²) in [6.07, 6.45) is -2.07.